The number of nitrogens with one attached hydrogen (secondary N) is 1. The maximum atomic E-state index is 13.7. The lowest BCUT2D eigenvalue weighted by atomic mass is 10.0. The summed E-state index contributed by atoms with van der Waals surface area (Å²) in [5, 5.41) is 4.35. The summed E-state index contributed by atoms with van der Waals surface area (Å²) in [4.78, 5) is 28.9. The fraction of sp³-hybridized carbons (Fsp3) is 0.310. The van der Waals surface area contributed by atoms with E-state index in [1.807, 2.05) is 93.6 Å². The molecule has 0 saturated carbocycles. The minimum absolute atomic E-state index is 0.114. The number of hydrogen-bond donors (Lipinski definition) is 1. The van der Waals surface area contributed by atoms with Crippen molar-refractivity contribution in [3.8, 4) is 0 Å². The van der Waals surface area contributed by atoms with Crippen molar-refractivity contribution in [3.05, 3.63) is 106 Å². The maximum Gasteiger partial charge on any atom is 0.243 e. The summed E-state index contributed by atoms with van der Waals surface area (Å²) in [7, 11) is 0. The summed E-state index contributed by atoms with van der Waals surface area (Å²) < 4.78 is 0. The van der Waals surface area contributed by atoms with Gasteiger partial charge in [-0.1, -0.05) is 83.9 Å². The summed E-state index contributed by atoms with van der Waals surface area (Å²) in [5.41, 5.74) is 2.40. The predicted molar refractivity (Wildman–Crippen MR) is 151 cm³/mol. The van der Waals surface area contributed by atoms with Crippen molar-refractivity contribution >= 4 is 46.8 Å². The zero-order valence-corrected chi connectivity index (χ0v) is 23.2. The van der Waals surface area contributed by atoms with Crippen LogP contribution in [-0.2, 0) is 28.3 Å². The third-order valence-electron chi connectivity index (χ3n) is 5.45. The molecule has 1 atom stereocenters. The van der Waals surface area contributed by atoms with E-state index in [1.165, 1.54) is 11.8 Å². The first kappa shape index (κ1) is 28.1. The van der Waals surface area contributed by atoms with Crippen LogP contribution in [0.15, 0.2) is 78.9 Å². The first-order valence-electron chi connectivity index (χ1n) is 11.8. The second-order valence-corrected chi connectivity index (χ2v) is 11.5. The summed E-state index contributed by atoms with van der Waals surface area (Å²) in [6, 6.07) is 24.1. The number of halogens is 2. The number of carbonyl (C=O) groups is 2. The molecule has 0 aliphatic heterocycles. The molecule has 4 nitrogen and oxygen atoms in total. The first-order valence-corrected chi connectivity index (χ1v) is 13.7. The number of rotatable bonds is 10. The van der Waals surface area contributed by atoms with Crippen LogP contribution in [0.1, 0.15) is 37.5 Å². The lowest BCUT2D eigenvalue weighted by Gasteiger charge is -2.34. The molecule has 0 heterocycles. The molecule has 0 aliphatic carbocycles. The van der Waals surface area contributed by atoms with E-state index in [-0.39, 0.29) is 24.1 Å². The summed E-state index contributed by atoms with van der Waals surface area (Å²) >= 11 is 14.0. The van der Waals surface area contributed by atoms with Crippen LogP contribution in [0.5, 0.6) is 0 Å². The van der Waals surface area contributed by atoms with Gasteiger partial charge in [0.15, 0.2) is 0 Å². The average Bonchev–Trinajstić information content (AvgIpc) is 2.82. The lowest BCUT2D eigenvalue weighted by molar-refractivity contribution is -0.140. The molecule has 36 heavy (non-hydrogen) atoms. The van der Waals surface area contributed by atoms with Gasteiger partial charge in [0, 0.05) is 34.3 Å². The Kier molecular flexibility index (Phi) is 10.3. The molecule has 0 fully saturated rings. The minimum Gasteiger partial charge on any atom is -0.350 e. The van der Waals surface area contributed by atoms with Crippen molar-refractivity contribution in [2.45, 2.75) is 51.1 Å². The number of nitrogens with zero attached hydrogens (tertiary/aromatic N) is 1. The van der Waals surface area contributed by atoms with Crippen LogP contribution in [0.4, 0.5) is 0 Å². The highest BCUT2D eigenvalue weighted by Crippen LogP contribution is 2.23. The Morgan fingerprint density at radius 3 is 2.25 bits per heavy atom. The van der Waals surface area contributed by atoms with Gasteiger partial charge in [-0.15, -0.1) is 11.8 Å². The van der Waals surface area contributed by atoms with E-state index in [0.717, 1.165) is 16.7 Å². The fourth-order valence-corrected chi connectivity index (χ4v) is 5.19. The molecule has 0 radical (unpaired) electrons. The van der Waals surface area contributed by atoms with Gasteiger partial charge < -0.3 is 10.2 Å². The topological polar surface area (TPSA) is 49.4 Å². The second kappa shape index (κ2) is 13.2. The van der Waals surface area contributed by atoms with Gasteiger partial charge in [-0.3, -0.25) is 9.59 Å². The van der Waals surface area contributed by atoms with Crippen molar-refractivity contribution in [1.29, 1.82) is 0 Å². The molecular formula is C29H32Cl2N2O2S. The van der Waals surface area contributed by atoms with Crippen molar-refractivity contribution < 1.29 is 9.59 Å². The van der Waals surface area contributed by atoms with Crippen LogP contribution in [-0.4, -0.2) is 34.0 Å². The van der Waals surface area contributed by atoms with Crippen molar-refractivity contribution in [3.63, 3.8) is 0 Å². The maximum absolute atomic E-state index is 13.7. The molecule has 3 aromatic rings. The number of hydrogen-bond acceptors (Lipinski definition) is 3. The van der Waals surface area contributed by atoms with Gasteiger partial charge in [-0.05, 0) is 55.7 Å². The van der Waals surface area contributed by atoms with E-state index in [2.05, 4.69) is 5.32 Å². The Morgan fingerprint density at radius 2 is 1.58 bits per heavy atom. The van der Waals surface area contributed by atoms with Crippen molar-refractivity contribution in [1.82, 2.24) is 10.2 Å². The SMILES string of the molecule is CC(C)(C)NC(=O)C(Cc1ccccc1)N(Cc1cccc(Cl)c1)C(=O)CSCc1ccccc1Cl. The van der Waals surface area contributed by atoms with Crippen molar-refractivity contribution in [2.75, 3.05) is 5.75 Å². The monoisotopic (exact) mass is 542 g/mol. The Labute approximate surface area is 228 Å². The molecule has 0 spiro atoms. The Morgan fingerprint density at radius 1 is 0.917 bits per heavy atom. The van der Waals surface area contributed by atoms with Gasteiger partial charge in [0.05, 0.1) is 5.75 Å². The summed E-state index contributed by atoms with van der Waals surface area (Å²) in [5.74, 6) is 0.531. The zero-order valence-electron chi connectivity index (χ0n) is 20.8. The highest BCUT2D eigenvalue weighted by molar-refractivity contribution is 7.99. The van der Waals surface area contributed by atoms with Gasteiger partial charge in [0.25, 0.3) is 0 Å². The standard InChI is InChI=1S/C29H32Cl2N2O2S/c1-29(2,3)32-28(35)26(17-21-10-5-4-6-11-21)33(18-22-12-9-14-24(30)16-22)27(34)20-36-19-23-13-7-8-15-25(23)31/h4-16,26H,17-20H2,1-3H3,(H,32,35). The molecule has 0 aliphatic rings. The van der Waals surface area contributed by atoms with Crippen molar-refractivity contribution in [2.24, 2.45) is 0 Å². The number of amides is 2. The van der Waals surface area contributed by atoms with Crippen LogP contribution in [0.3, 0.4) is 0 Å². The number of thioether (sulfide) groups is 1. The quantitative estimate of drug-likeness (QED) is 0.307. The molecular weight excluding hydrogens is 511 g/mol. The van der Waals surface area contributed by atoms with Gasteiger partial charge in [-0.25, -0.2) is 0 Å². The molecule has 0 saturated heterocycles. The van der Waals surface area contributed by atoms with Crippen LogP contribution in [0.2, 0.25) is 10.0 Å². The van der Waals surface area contributed by atoms with E-state index in [1.54, 1.807) is 11.0 Å². The van der Waals surface area contributed by atoms with Gasteiger partial charge in [-0.2, -0.15) is 0 Å². The molecule has 3 aromatic carbocycles. The average molecular weight is 544 g/mol. The molecule has 3 rings (SSSR count). The first-order chi connectivity index (χ1) is 17.1. The third-order valence-corrected chi connectivity index (χ3v) is 7.02. The van der Waals surface area contributed by atoms with Crippen LogP contribution < -0.4 is 5.32 Å². The van der Waals surface area contributed by atoms with Crippen LogP contribution in [0.25, 0.3) is 0 Å². The summed E-state index contributed by atoms with van der Waals surface area (Å²) in [6.45, 7) is 6.09. The highest BCUT2D eigenvalue weighted by atomic mass is 35.5. The third kappa shape index (κ3) is 8.88. The zero-order chi connectivity index (χ0) is 26.1. The van der Waals surface area contributed by atoms with E-state index >= 15 is 0 Å². The molecule has 1 N–H and O–H groups in total. The second-order valence-electron chi connectivity index (χ2n) is 9.68. The van der Waals surface area contributed by atoms with E-state index in [4.69, 9.17) is 23.2 Å². The molecule has 0 bridgehead atoms. The number of benzene rings is 3. The minimum atomic E-state index is -0.681. The van der Waals surface area contributed by atoms with Gasteiger partial charge in [0.1, 0.15) is 6.04 Å². The van der Waals surface area contributed by atoms with Gasteiger partial charge >= 0.3 is 0 Å². The normalized spacial score (nSPS) is 12.1. The number of carbonyl (C=O) groups excluding carboxylic acids is 2. The Balaban J connectivity index is 1.88. The largest absolute Gasteiger partial charge is 0.350 e. The van der Waals surface area contributed by atoms with E-state index < -0.39 is 11.6 Å². The van der Waals surface area contributed by atoms with E-state index in [0.29, 0.717) is 22.2 Å². The lowest BCUT2D eigenvalue weighted by Crippen LogP contribution is -2.54. The smallest absolute Gasteiger partial charge is 0.243 e. The predicted octanol–water partition coefficient (Wildman–Crippen LogP) is 6.78. The molecule has 1 unspecified atom stereocenters. The van der Waals surface area contributed by atoms with E-state index in [9.17, 15) is 9.59 Å². The highest BCUT2D eigenvalue weighted by Gasteiger charge is 2.32. The van der Waals surface area contributed by atoms with Crippen LogP contribution in [0, 0.1) is 0 Å². The molecule has 190 valence electrons. The summed E-state index contributed by atoms with van der Waals surface area (Å²) in [6.07, 6.45) is 0.407. The fourth-order valence-electron chi connectivity index (χ4n) is 3.79. The van der Waals surface area contributed by atoms with Gasteiger partial charge in [0.2, 0.25) is 11.8 Å². The molecule has 2 amide bonds. The Bertz CT molecular complexity index is 1170. The molecule has 0 aromatic heterocycles. The Hall–Kier alpha value is -2.47. The van der Waals surface area contributed by atoms with Crippen LogP contribution >= 0.6 is 35.0 Å². The molecule has 7 heteroatoms.